The maximum Gasteiger partial charge on any atom is 0.305 e. The van der Waals surface area contributed by atoms with Crippen LogP contribution in [0.4, 0.5) is 0 Å². The number of carbonyl (C=O) groups is 1. The first-order valence-corrected chi connectivity index (χ1v) is 16.7. The van der Waals surface area contributed by atoms with Gasteiger partial charge in [-0.25, -0.2) is 0 Å². The molecule has 5 atom stereocenters. The lowest BCUT2D eigenvalue weighted by atomic mass is 9.82. The summed E-state index contributed by atoms with van der Waals surface area (Å²) < 4.78 is 25.0. The second-order valence-electron chi connectivity index (χ2n) is 12.9. The molecule has 0 aliphatic heterocycles. The first-order chi connectivity index (χ1) is 21.2. The van der Waals surface area contributed by atoms with Crippen molar-refractivity contribution in [3.05, 3.63) is 71.8 Å². The van der Waals surface area contributed by atoms with Gasteiger partial charge in [-0.2, -0.15) is 0 Å². The van der Waals surface area contributed by atoms with Gasteiger partial charge in [-0.15, -0.1) is 0 Å². The lowest BCUT2D eigenvalue weighted by Gasteiger charge is -2.36. The highest BCUT2D eigenvalue weighted by Crippen LogP contribution is 2.35. The van der Waals surface area contributed by atoms with E-state index in [1.807, 2.05) is 43.3 Å². The second-order valence-corrected chi connectivity index (χ2v) is 12.9. The Morgan fingerprint density at radius 2 is 1.50 bits per heavy atom. The van der Waals surface area contributed by atoms with Crippen molar-refractivity contribution in [1.82, 2.24) is 4.90 Å². The summed E-state index contributed by atoms with van der Waals surface area (Å²) in [7, 11) is 2.13. The molecule has 3 rings (SSSR count). The monoisotopic (exact) mass is 611 g/mol. The molecule has 44 heavy (non-hydrogen) atoms. The van der Waals surface area contributed by atoms with Crippen LogP contribution in [-0.4, -0.2) is 73.2 Å². The third kappa shape index (κ3) is 11.9. The van der Waals surface area contributed by atoms with Crippen LogP contribution in [0, 0.1) is 5.41 Å². The Labute approximate surface area is 266 Å². The Balaban J connectivity index is 1.75. The molecule has 7 heteroatoms. The van der Waals surface area contributed by atoms with Crippen molar-refractivity contribution in [2.75, 3.05) is 26.8 Å². The van der Waals surface area contributed by atoms with E-state index < -0.39 is 6.10 Å². The van der Waals surface area contributed by atoms with Crippen LogP contribution in [0.25, 0.3) is 0 Å². The molecule has 2 aromatic rings. The van der Waals surface area contributed by atoms with Crippen molar-refractivity contribution in [1.29, 1.82) is 0 Å². The molecule has 0 bridgehead atoms. The van der Waals surface area contributed by atoms with Crippen molar-refractivity contribution in [3.63, 3.8) is 0 Å². The molecule has 1 aliphatic carbocycles. The van der Waals surface area contributed by atoms with Gasteiger partial charge < -0.3 is 24.1 Å². The number of aliphatic hydroxyl groups excluding tert-OH is 1. The van der Waals surface area contributed by atoms with Crippen LogP contribution in [0.15, 0.2) is 60.7 Å². The van der Waals surface area contributed by atoms with Gasteiger partial charge in [-0.05, 0) is 56.3 Å². The highest BCUT2D eigenvalue weighted by atomic mass is 16.6. The van der Waals surface area contributed by atoms with Gasteiger partial charge in [0, 0.05) is 12.8 Å². The molecular formula is C37H57NO6. The topological polar surface area (TPSA) is 77.5 Å². The zero-order chi connectivity index (χ0) is 31.8. The summed E-state index contributed by atoms with van der Waals surface area (Å²) in [5.74, 6) is -0.127. The van der Waals surface area contributed by atoms with Crippen LogP contribution in [0.2, 0.25) is 0 Å². The third-order valence-electron chi connectivity index (χ3n) is 8.89. The van der Waals surface area contributed by atoms with Gasteiger partial charge in [0.05, 0.1) is 50.8 Å². The number of aliphatic hydroxyl groups is 1. The SMILES string of the molecule is CCCCC(C)(C)C(O)CO[C@@H]1[C@@H](N(C)CCCCCC(=O)OCC)[C@H](OCc2ccccc2)C[C@@H]1OCc1ccccc1. The number of unbranched alkanes of at least 4 members (excludes halogenated alkanes) is 3. The van der Waals surface area contributed by atoms with Crippen molar-refractivity contribution in [3.8, 4) is 0 Å². The smallest absolute Gasteiger partial charge is 0.305 e. The molecule has 2 aromatic carbocycles. The van der Waals surface area contributed by atoms with E-state index in [0.717, 1.165) is 56.2 Å². The standard InChI is InChI=1S/C37H57NO6/c1-6-8-23-37(3,4)33(39)28-44-36-32(43-27-30-20-14-10-15-21-30)25-31(42-26-29-18-12-9-13-19-29)35(36)38(5)24-17-11-16-22-34(40)41-7-2/h9-10,12-15,18-21,31-33,35-36,39H,6-8,11,16-17,22-28H2,1-5H3/t31-,32+,33?,35+,36+/m1/s1. The Kier molecular flexibility index (Phi) is 15.8. The van der Waals surface area contributed by atoms with E-state index in [2.05, 4.69) is 57.0 Å². The first kappa shape index (κ1) is 36.2. The van der Waals surface area contributed by atoms with Crippen LogP contribution in [-0.2, 0) is 37.0 Å². The molecule has 1 aliphatic rings. The Morgan fingerprint density at radius 1 is 0.886 bits per heavy atom. The number of ether oxygens (including phenoxy) is 4. The van der Waals surface area contributed by atoms with Gasteiger partial charge in [0.2, 0.25) is 0 Å². The molecule has 0 radical (unpaired) electrons. The Morgan fingerprint density at radius 3 is 2.09 bits per heavy atom. The van der Waals surface area contributed by atoms with Crippen molar-refractivity contribution >= 4 is 5.97 Å². The minimum Gasteiger partial charge on any atom is -0.466 e. The molecule has 1 unspecified atom stereocenters. The molecule has 0 aromatic heterocycles. The maximum atomic E-state index is 11.8. The highest BCUT2D eigenvalue weighted by Gasteiger charge is 2.48. The van der Waals surface area contributed by atoms with Crippen LogP contribution in [0.1, 0.15) is 90.2 Å². The minimum absolute atomic E-state index is 0.0458. The molecule has 1 N–H and O–H groups in total. The van der Waals surface area contributed by atoms with E-state index >= 15 is 0 Å². The number of nitrogens with zero attached hydrogens (tertiary/aromatic N) is 1. The van der Waals surface area contributed by atoms with E-state index in [1.165, 1.54) is 0 Å². The fourth-order valence-electron chi connectivity index (χ4n) is 5.98. The van der Waals surface area contributed by atoms with Gasteiger partial charge >= 0.3 is 5.97 Å². The first-order valence-electron chi connectivity index (χ1n) is 16.7. The lowest BCUT2D eigenvalue weighted by Crippen LogP contribution is -2.49. The Hall–Kier alpha value is -2.29. The van der Waals surface area contributed by atoms with Crippen LogP contribution in [0.5, 0.6) is 0 Å². The van der Waals surface area contributed by atoms with E-state index in [-0.39, 0.29) is 42.3 Å². The lowest BCUT2D eigenvalue weighted by molar-refractivity contribution is -0.143. The number of esters is 1. The number of hydrogen-bond acceptors (Lipinski definition) is 7. The maximum absolute atomic E-state index is 11.8. The fraction of sp³-hybridized carbons (Fsp3) is 0.649. The summed E-state index contributed by atoms with van der Waals surface area (Å²) in [5.41, 5.74) is 2.01. The number of benzene rings is 2. The highest BCUT2D eigenvalue weighted by molar-refractivity contribution is 5.69. The number of likely N-dealkylation sites (N-methyl/N-ethyl adjacent to an activating group) is 1. The Bertz CT molecular complexity index is 1050. The van der Waals surface area contributed by atoms with E-state index in [1.54, 1.807) is 0 Å². The zero-order valence-corrected chi connectivity index (χ0v) is 27.8. The van der Waals surface area contributed by atoms with Gasteiger partial charge in [0.25, 0.3) is 0 Å². The number of rotatable bonds is 21. The molecular weight excluding hydrogens is 554 g/mol. The summed E-state index contributed by atoms with van der Waals surface area (Å²) in [6, 6.07) is 20.4. The van der Waals surface area contributed by atoms with Crippen molar-refractivity contribution in [2.24, 2.45) is 5.41 Å². The summed E-state index contributed by atoms with van der Waals surface area (Å²) in [6.07, 6.45) is 5.86. The van der Waals surface area contributed by atoms with E-state index in [0.29, 0.717) is 32.7 Å². The van der Waals surface area contributed by atoms with Gasteiger partial charge in [0.15, 0.2) is 0 Å². The van der Waals surface area contributed by atoms with Crippen LogP contribution >= 0.6 is 0 Å². The summed E-state index contributed by atoms with van der Waals surface area (Å²) in [4.78, 5) is 14.1. The van der Waals surface area contributed by atoms with Gasteiger partial charge in [0.1, 0.15) is 6.10 Å². The molecule has 0 heterocycles. The third-order valence-corrected chi connectivity index (χ3v) is 8.89. The van der Waals surface area contributed by atoms with E-state index in [4.69, 9.17) is 18.9 Å². The summed E-state index contributed by atoms with van der Waals surface area (Å²) in [5, 5.41) is 11.2. The molecule has 0 spiro atoms. The average Bonchev–Trinajstić information content (AvgIpc) is 3.38. The largest absolute Gasteiger partial charge is 0.466 e. The normalized spacial score (nSPS) is 21.1. The van der Waals surface area contributed by atoms with Gasteiger partial charge in [-0.1, -0.05) is 101 Å². The number of hydrogen-bond donors (Lipinski definition) is 1. The summed E-state index contributed by atoms with van der Waals surface area (Å²) >= 11 is 0. The van der Waals surface area contributed by atoms with E-state index in [9.17, 15) is 9.90 Å². The predicted molar refractivity (Wildman–Crippen MR) is 175 cm³/mol. The second kappa shape index (κ2) is 19.3. The molecule has 7 nitrogen and oxygen atoms in total. The molecule has 0 saturated heterocycles. The predicted octanol–water partition coefficient (Wildman–Crippen LogP) is 6.95. The molecule has 1 fully saturated rings. The van der Waals surface area contributed by atoms with Crippen LogP contribution in [0.3, 0.4) is 0 Å². The minimum atomic E-state index is -0.582. The van der Waals surface area contributed by atoms with Crippen molar-refractivity contribution in [2.45, 2.75) is 123 Å². The van der Waals surface area contributed by atoms with Gasteiger partial charge in [-0.3, -0.25) is 9.69 Å². The van der Waals surface area contributed by atoms with Crippen LogP contribution < -0.4 is 0 Å². The quantitative estimate of drug-likeness (QED) is 0.121. The zero-order valence-electron chi connectivity index (χ0n) is 27.8. The summed E-state index contributed by atoms with van der Waals surface area (Å²) in [6.45, 7) is 10.8. The molecule has 246 valence electrons. The molecule has 1 saturated carbocycles. The fourth-order valence-corrected chi connectivity index (χ4v) is 5.98. The van der Waals surface area contributed by atoms with Crippen molar-refractivity contribution < 1.29 is 28.8 Å². The molecule has 0 amide bonds. The number of carbonyl (C=O) groups excluding carboxylic acids is 1. The average molecular weight is 612 g/mol.